The summed E-state index contributed by atoms with van der Waals surface area (Å²) < 4.78 is 4.81. The summed E-state index contributed by atoms with van der Waals surface area (Å²) in [4.78, 5) is 26.3. The zero-order chi connectivity index (χ0) is 19.1. The van der Waals surface area contributed by atoms with Gasteiger partial charge in [0, 0.05) is 25.4 Å². The Morgan fingerprint density at radius 2 is 1.89 bits per heavy atom. The number of piperidine rings is 1. The minimum absolute atomic E-state index is 0. The van der Waals surface area contributed by atoms with E-state index < -0.39 is 0 Å². The number of nitrogens with zero attached hydrogens (tertiary/aromatic N) is 1. The zero-order valence-electron chi connectivity index (χ0n) is 16.6. The molecule has 1 aromatic carbocycles. The number of halogens is 1. The molecule has 0 radical (unpaired) electrons. The van der Waals surface area contributed by atoms with E-state index in [1.165, 1.54) is 20.0 Å². The molecule has 2 atom stereocenters. The van der Waals surface area contributed by atoms with E-state index in [-0.39, 0.29) is 36.4 Å². The SMILES string of the molecule is COC(=O)CCC1CNC(=O)N(CCC2CCNCC2)C1c1ccccc1.Cl. The molecule has 6 nitrogen and oxygen atoms in total. The minimum Gasteiger partial charge on any atom is -0.469 e. The zero-order valence-corrected chi connectivity index (χ0v) is 17.4. The second-order valence-corrected chi connectivity index (χ2v) is 7.59. The van der Waals surface area contributed by atoms with Gasteiger partial charge in [-0.1, -0.05) is 30.3 Å². The first-order chi connectivity index (χ1) is 13.2. The van der Waals surface area contributed by atoms with Gasteiger partial charge in [0.1, 0.15) is 0 Å². The molecule has 0 aromatic heterocycles. The lowest BCUT2D eigenvalue weighted by atomic mass is 9.85. The highest BCUT2D eigenvalue weighted by molar-refractivity contribution is 5.85. The first kappa shape index (κ1) is 22.5. The van der Waals surface area contributed by atoms with Crippen LogP contribution in [0.1, 0.15) is 43.7 Å². The van der Waals surface area contributed by atoms with Crippen molar-refractivity contribution in [3.63, 3.8) is 0 Å². The molecule has 0 aliphatic carbocycles. The van der Waals surface area contributed by atoms with E-state index in [0.717, 1.165) is 31.6 Å². The summed E-state index contributed by atoms with van der Waals surface area (Å²) in [6.45, 7) is 3.49. The van der Waals surface area contributed by atoms with Crippen molar-refractivity contribution in [2.75, 3.05) is 33.3 Å². The minimum atomic E-state index is -0.194. The van der Waals surface area contributed by atoms with Crippen molar-refractivity contribution in [2.45, 2.75) is 38.1 Å². The number of ether oxygens (including phenoxy) is 1. The molecule has 2 aliphatic rings. The Balaban J connectivity index is 0.00000280. The van der Waals surface area contributed by atoms with Gasteiger partial charge in [-0.15, -0.1) is 12.4 Å². The van der Waals surface area contributed by atoms with Gasteiger partial charge in [0.25, 0.3) is 0 Å². The van der Waals surface area contributed by atoms with Gasteiger partial charge >= 0.3 is 12.0 Å². The summed E-state index contributed by atoms with van der Waals surface area (Å²) in [6.07, 6.45) is 4.47. The topological polar surface area (TPSA) is 70.7 Å². The van der Waals surface area contributed by atoms with E-state index in [1.807, 2.05) is 23.1 Å². The number of hydrogen-bond donors (Lipinski definition) is 2. The van der Waals surface area contributed by atoms with E-state index in [2.05, 4.69) is 22.8 Å². The molecule has 1 aromatic rings. The number of esters is 1. The average molecular weight is 410 g/mol. The molecule has 2 amide bonds. The van der Waals surface area contributed by atoms with Crippen molar-refractivity contribution in [3.05, 3.63) is 35.9 Å². The smallest absolute Gasteiger partial charge is 0.317 e. The quantitative estimate of drug-likeness (QED) is 0.679. The summed E-state index contributed by atoms with van der Waals surface area (Å²) in [5.41, 5.74) is 1.15. The summed E-state index contributed by atoms with van der Waals surface area (Å²) in [7, 11) is 1.42. The Morgan fingerprint density at radius 1 is 1.18 bits per heavy atom. The van der Waals surface area contributed by atoms with Crippen LogP contribution >= 0.6 is 12.4 Å². The normalized spacial score (nSPS) is 22.9. The maximum Gasteiger partial charge on any atom is 0.317 e. The molecule has 3 rings (SSSR count). The maximum absolute atomic E-state index is 12.7. The Kier molecular flexibility index (Phi) is 9.06. The fourth-order valence-corrected chi connectivity index (χ4v) is 4.31. The molecule has 2 fully saturated rings. The van der Waals surface area contributed by atoms with Gasteiger partial charge < -0.3 is 20.3 Å². The van der Waals surface area contributed by atoms with Gasteiger partial charge in [-0.2, -0.15) is 0 Å². The van der Waals surface area contributed by atoms with Crippen LogP contribution in [0, 0.1) is 11.8 Å². The number of hydrogen-bond acceptors (Lipinski definition) is 4. The van der Waals surface area contributed by atoms with Gasteiger partial charge in [0.15, 0.2) is 0 Å². The first-order valence-corrected chi connectivity index (χ1v) is 10.1. The van der Waals surface area contributed by atoms with Gasteiger partial charge in [-0.05, 0) is 50.3 Å². The van der Waals surface area contributed by atoms with Crippen LogP contribution in [-0.2, 0) is 9.53 Å². The fourth-order valence-electron chi connectivity index (χ4n) is 4.31. The molecule has 2 heterocycles. The van der Waals surface area contributed by atoms with Gasteiger partial charge in [0.05, 0.1) is 13.2 Å². The predicted molar refractivity (Wildman–Crippen MR) is 111 cm³/mol. The van der Waals surface area contributed by atoms with E-state index in [0.29, 0.717) is 25.3 Å². The highest BCUT2D eigenvalue weighted by Gasteiger charge is 2.36. The van der Waals surface area contributed by atoms with Gasteiger partial charge in [0.2, 0.25) is 0 Å². The molecule has 28 heavy (non-hydrogen) atoms. The number of carbonyl (C=O) groups excluding carboxylic acids is 2. The lowest BCUT2D eigenvalue weighted by Crippen LogP contribution is -2.53. The van der Waals surface area contributed by atoms with Crippen molar-refractivity contribution in [3.8, 4) is 0 Å². The number of urea groups is 1. The molecule has 2 N–H and O–H groups in total. The summed E-state index contributed by atoms with van der Waals surface area (Å²) in [6, 6.07) is 10.2. The van der Waals surface area contributed by atoms with Crippen LogP contribution in [0.4, 0.5) is 4.79 Å². The van der Waals surface area contributed by atoms with Crippen LogP contribution in [0.5, 0.6) is 0 Å². The highest BCUT2D eigenvalue weighted by Crippen LogP contribution is 2.35. The van der Waals surface area contributed by atoms with Crippen molar-refractivity contribution < 1.29 is 14.3 Å². The van der Waals surface area contributed by atoms with Gasteiger partial charge in [-0.25, -0.2) is 4.79 Å². The van der Waals surface area contributed by atoms with Crippen LogP contribution < -0.4 is 10.6 Å². The lowest BCUT2D eigenvalue weighted by molar-refractivity contribution is -0.141. The summed E-state index contributed by atoms with van der Waals surface area (Å²) in [5.74, 6) is 0.670. The van der Waals surface area contributed by atoms with Crippen molar-refractivity contribution in [2.24, 2.45) is 11.8 Å². The average Bonchev–Trinajstić information content (AvgIpc) is 2.72. The first-order valence-electron chi connectivity index (χ1n) is 10.1. The third kappa shape index (κ3) is 5.85. The van der Waals surface area contributed by atoms with Crippen LogP contribution in [-0.4, -0.2) is 50.2 Å². The van der Waals surface area contributed by atoms with Crippen molar-refractivity contribution in [1.29, 1.82) is 0 Å². The third-order valence-corrected chi connectivity index (χ3v) is 5.88. The molecular formula is C21H32ClN3O3. The number of rotatable bonds is 7. The molecule has 7 heteroatoms. The maximum atomic E-state index is 12.7. The van der Waals surface area contributed by atoms with Crippen LogP contribution in [0.25, 0.3) is 0 Å². The Morgan fingerprint density at radius 3 is 2.57 bits per heavy atom. The Bertz CT molecular complexity index is 623. The molecule has 156 valence electrons. The molecule has 0 saturated carbocycles. The Labute approximate surface area is 173 Å². The van der Waals surface area contributed by atoms with Gasteiger partial charge in [-0.3, -0.25) is 4.79 Å². The monoisotopic (exact) mass is 409 g/mol. The Hall–Kier alpha value is -1.79. The second-order valence-electron chi connectivity index (χ2n) is 7.59. The largest absolute Gasteiger partial charge is 0.469 e. The molecule has 2 unspecified atom stereocenters. The van der Waals surface area contributed by atoms with E-state index >= 15 is 0 Å². The molecule has 0 bridgehead atoms. The summed E-state index contributed by atoms with van der Waals surface area (Å²) >= 11 is 0. The van der Waals surface area contributed by atoms with Crippen molar-refractivity contribution in [1.82, 2.24) is 15.5 Å². The summed E-state index contributed by atoms with van der Waals surface area (Å²) in [5, 5.41) is 6.43. The predicted octanol–water partition coefficient (Wildman–Crippen LogP) is 3.13. The molecule has 0 spiro atoms. The number of methoxy groups -OCH3 is 1. The van der Waals surface area contributed by atoms with E-state index in [1.54, 1.807) is 0 Å². The van der Waals surface area contributed by atoms with Crippen LogP contribution in [0.2, 0.25) is 0 Å². The number of benzene rings is 1. The lowest BCUT2D eigenvalue weighted by Gasteiger charge is -2.42. The molecule has 2 saturated heterocycles. The highest BCUT2D eigenvalue weighted by atomic mass is 35.5. The standard InChI is InChI=1S/C21H31N3O3.ClH/c1-27-19(25)8-7-18-15-23-21(26)24(14-11-16-9-12-22-13-10-16)20(18)17-5-3-2-4-6-17;/h2-6,16,18,20,22H,7-15H2,1H3,(H,23,26);1H. The van der Waals surface area contributed by atoms with Crippen LogP contribution in [0.15, 0.2) is 30.3 Å². The second kappa shape index (κ2) is 11.3. The van der Waals surface area contributed by atoms with E-state index in [9.17, 15) is 9.59 Å². The van der Waals surface area contributed by atoms with Crippen molar-refractivity contribution >= 4 is 24.4 Å². The fraction of sp³-hybridized carbons (Fsp3) is 0.619. The molecular weight excluding hydrogens is 378 g/mol. The molecule has 2 aliphatic heterocycles. The third-order valence-electron chi connectivity index (χ3n) is 5.88. The number of amides is 2. The van der Waals surface area contributed by atoms with Crippen LogP contribution in [0.3, 0.4) is 0 Å². The number of carbonyl (C=O) groups is 2. The van der Waals surface area contributed by atoms with E-state index in [4.69, 9.17) is 4.74 Å². The number of nitrogens with one attached hydrogen (secondary N) is 2.